The van der Waals surface area contributed by atoms with Crippen LogP contribution in [0.15, 0.2) is 18.2 Å². The van der Waals surface area contributed by atoms with Gasteiger partial charge in [0.2, 0.25) is 0 Å². The molecule has 94 valence electrons. The number of halogens is 1. The Labute approximate surface area is 106 Å². The largest absolute Gasteiger partial charge is 0.389 e. The smallest absolute Gasteiger partial charge is 0.133 e. The quantitative estimate of drug-likeness (QED) is 0.599. The van der Waals surface area contributed by atoms with Gasteiger partial charge in [0.15, 0.2) is 0 Å². The molecule has 1 aromatic rings. The maximum Gasteiger partial charge on any atom is 0.133 e. The summed E-state index contributed by atoms with van der Waals surface area (Å²) in [5.74, 6) is -0.402. The van der Waals surface area contributed by atoms with Crippen LogP contribution in [0.5, 0.6) is 0 Å². The van der Waals surface area contributed by atoms with E-state index in [1.54, 1.807) is 19.2 Å². The minimum Gasteiger partial charge on any atom is -0.389 e. The summed E-state index contributed by atoms with van der Waals surface area (Å²) in [7, 11) is 1.65. The summed E-state index contributed by atoms with van der Waals surface area (Å²) in [6.45, 7) is 1.69. The lowest BCUT2D eigenvalue weighted by atomic mass is 10.1. The van der Waals surface area contributed by atoms with Crippen molar-refractivity contribution in [3.8, 4) is 0 Å². The summed E-state index contributed by atoms with van der Waals surface area (Å²) in [6.07, 6.45) is 0.833. The van der Waals surface area contributed by atoms with Gasteiger partial charge >= 0.3 is 0 Å². The van der Waals surface area contributed by atoms with Crippen LogP contribution in [0.4, 0.5) is 4.39 Å². The van der Waals surface area contributed by atoms with Crippen molar-refractivity contribution in [2.75, 3.05) is 20.3 Å². The van der Waals surface area contributed by atoms with E-state index in [4.69, 9.17) is 27.4 Å². The molecule has 0 bridgehead atoms. The summed E-state index contributed by atoms with van der Waals surface area (Å²) in [6, 6.07) is 4.63. The molecule has 0 heterocycles. The highest BCUT2D eigenvalue weighted by Gasteiger charge is 2.06. The molecule has 0 saturated carbocycles. The zero-order chi connectivity index (χ0) is 12.7. The van der Waals surface area contributed by atoms with Gasteiger partial charge in [-0.1, -0.05) is 18.3 Å². The summed E-state index contributed by atoms with van der Waals surface area (Å²) in [4.78, 5) is 0.0590. The van der Waals surface area contributed by atoms with Crippen LogP contribution in [0, 0.1) is 5.82 Å². The van der Waals surface area contributed by atoms with E-state index < -0.39 is 5.82 Å². The Hall–Kier alpha value is -1.04. The van der Waals surface area contributed by atoms with Crippen LogP contribution in [-0.2, 0) is 16.1 Å². The zero-order valence-corrected chi connectivity index (χ0v) is 10.6. The third kappa shape index (κ3) is 4.77. The molecule has 0 aromatic heterocycles. The summed E-state index contributed by atoms with van der Waals surface area (Å²) < 4.78 is 23.6. The lowest BCUT2D eigenvalue weighted by Gasteiger charge is -2.06. The molecule has 0 spiro atoms. The monoisotopic (exact) mass is 257 g/mol. The Morgan fingerprint density at radius 3 is 2.82 bits per heavy atom. The van der Waals surface area contributed by atoms with E-state index in [0.717, 1.165) is 12.0 Å². The molecule has 0 unspecified atom stereocenters. The van der Waals surface area contributed by atoms with Crippen LogP contribution in [0.3, 0.4) is 0 Å². The number of hydrogen-bond acceptors (Lipinski definition) is 3. The maximum absolute atomic E-state index is 13.3. The average molecular weight is 257 g/mol. The fourth-order valence-electron chi connectivity index (χ4n) is 1.35. The first-order chi connectivity index (χ1) is 8.15. The van der Waals surface area contributed by atoms with Gasteiger partial charge in [-0.15, -0.1) is 0 Å². The lowest BCUT2D eigenvalue weighted by Crippen LogP contribution is -2.12. The Kier molecular flexibility index (Phi) is 6.04. The third-order valence-corrected chi connectivity index (χ3v) is 2.42. The topological polar surface area (TPSA) is 44.5 Å². The first-order valence-corrected chi connectivity index (χ1v) is 5.71. The summed E-state index contributed by atoms with van der Waals surface area (Å²) in [5, 5.41) is 0. The Morgan fingerprint density at radius 1 is 1.41 bits per heavy atom. The normalized spacial score (nSPS) is 10.5. The molecule has 0 aliphatic rings. The van der Waals surface area contributed by atoms with Crippen LogP contribution in [0.25, 0.3) is 0 Å². The first-order valence-electron chi connectivity index (χ1n) is 5.30. The van der Waals surface area contributed by atoms with Crippen molar-refractivity contribution < 1.29 is 13.9 Å². The van der Waals surface area contributed by atoms with Crippen LogP contribution < -0.4 is 5.73 Å². The van der Waals surface area contributed by atoms with Gasteiger partial charge in [0.25, 0.3) is 0 Å². The third-order valence-electron chi connectivity index (χ3n) is 2.20. The Morgan fingerprint density at radius 2 is 2.18 bits per heavy atom. The van der Waals surface area contributed by atoms with Crippen LogP contribution in [0.2, 0.25) is 0 Å². The molecule has 3 nitrogen and oxygen atoms in total. The van der Waals surface area contributed by atoms with Gasteiger partial charge in [0.1, 0.15) is 10.8 Å². The van der Waals surface area contributed by atoms with E-state index in [9.17, 15) is 4.39 Å². The molecule has 0 radical (unpaired) electrons. The number of thiocarbonyl (C=S) groups is 1. The molecular weight excluding hydrogens is 241 g/mol. The Balaban J connectivity index is 2.49. The van der Waals surface area contributed by atoms with Crippen molar-refractivity contribution in [2.24, 2.45) is 5.73 Å². The summed E-state index contributed by atoms with van der Waals surface area (Å²) in [5.41, 5.74) is 6.53. The van der Waals surface area contributed by atoms with Gasteiger partial charge in [0, 0.05) is 25.9 Å². The predicted octanol–water partition coefficient (Wildman–Crippen LogP) is 2.01. The van der Waals surface area contributed by atoms with Crippen molar-refractivity contribution in [1.82, 2.24) is 0 Å². The molecule has 17 heavy (non-hydrogen) atoms. The molecular formula is C12H16FNO2S. The molecule has 0 fully saturated rings. The molecule has 0 aliphatic carbocycles. The SMILES string of the molecule is COCCCOCc1ccc(F)c(C(N)=S)c1. The van der Waals surface area contributed by atoms with Crippen molar-refractivity contribution in [1.29, 1.82) is 0 Å². The predicted molar refractivity (Wildman–Crippen MR) is 68.4 cm³/mol. The van der Waals surface area contributed by atoms with Crippen LogP contribution >= 0.6 is 12.2 Å². The van der Waals surface area contributed by atoms with Gasteiger partial charge in [0.05, 0.1) is 6.61 Å². The molecule has 5 heteroatoms. The molecule has 0 aliphatic heterocycles. The fraction of sp³-hybridized carbons (Fsp3) is 0.417. The van der Waals surface area contributed by atoms with E-state index >= 15 is 0 Å². The van der Waals surface area contributed by atoms with E-state index in [2.05, 4.69) is 0 Å². The van der Waals surface area contributed by atoms with Crippen molar-refractivity contribution >= 4 is 17.2 Å². The average Bonchev–Trinajstić information content (AvgIpc) is 2.30. The number of methoxy groups -OCH3 is 1. The van der Waals surface area contributed by atoms with Crippen LogP contribution in [-0.4, -0.2) is 25.3 Å². The second-order valence-corrected chi connectivity index (χ2v) is 4.02. The van der Waals surface area contributed by atoms with Crippen molar-refractivity contribution in [3.05, 3.63) is 35.1 Å². The van der Waals surface area contributed by atoms with Gasteiger partial charge in [-0.25, -0.2) is 4.39 Å². The van der Waals surface area contributed by atoms with Gasteiger partial charge in [-0.2, -0.15) is 0 Å². The molecule has 0 atom stereocenters. The number of ether oxygens (including phenoxy) is 2. The van der Waals surface area contributed by atoms with E-state index in [1.807, 2.05) is 0 Å². The second-order valence-electron chi connectivity index (χ2n) is 3.58. The number of hydrogen-bond donors (Lipinski definition) is 1. The number of rotatable bonds is 7. The van der Waals surface area contributed by atoms with Gasteiger partial charge in [-0.05, 0) is 24.1 Å². The standard InChI is InChI=1S/C12H16FNO2S/c1-15-5-2-6-16-8-9-3-4-11(13)10(7-9)12(14)17/h3-4,7H,2,5-6,8H2,1H3,(H2,14,17). The minimum absolute atomic E-state index is 0.0590. The van der Waals surface area contributed by atoms with Gasteiger partial charge in [-0.3, -0.25) is 0 Å². The molecule has 0 saturated heterocycles. The molecule has 2 N–H and O–H groups in total. The van der Waals surface area contributed by atoms with E-state index in [1.165, 1.54) is 6.07 Å². The first kappa shape index (κ1) is 14.0. The maximum atomic E-state index is 13.3. The molecule has 0 amide bonds. The zero-order valence-electron chi connectivity index (χ0n) is 9.74. The minimum atomic E-state index is -0.402. The van der Waals surface area contributed by atoms with E-state index in [0.29, 0.717) is 19.8 Å². The fourth-order valence-corrected chi connectivity index (χ4v) is 1.50. The number of benzene rings is 1. The lowest BCUT2D eigenvalue weighted by molar-refractivity contribution is 0.0928. The highest BCUT2D eigenvalue weighted by Crippen LogP contribution is 2.11. The van der Waals surface area contributed by atoms with Crippen molar-refractivity contribution in [3.63, 3.8) is 0 Å². The van der Waals surface area contributed by atoms with Gasteiger partial charge < -0.3 is 15.2 Å². The number of nitrogens with two attached hydrogens (primary N) is 1. The highest BCUT2D eigenvalue weighted by atomic mass is 32.1. The Bertz CT molecular complexity index is 385. The molecule has 1 aromatic carbocycles. The highest BCUT2D eigenvalue weighted by molar-refractivity contribution is 7.80. The molecule has 1 rings (SSSR count). The van der Waals surface area contributed by atoms with Crippen molar-refractivity contribution in [2.45, 2.75) is 13.0 Å². The van der Waals surface area contributed by atoms with E-state index in [-0.39, 0.29) is 10.6 Å². The summed E-state index contributed by atoms with van der Waals surface area (Å²) >= 11 is 4.76. The second kappa shape index (κ2) is 7.32. The van der Waals surface area contributed by atoms with Crippen LogP contribution in [0.1, 0.15) is 17.5 Å².